The molecule has 0 saturated carbocycles. The Bertz CT molecular complexity index is 1050. The minimum Gasteiger partial charge on any atom is -0.497 e. The highest BCUT2D eigenvalue weighted by Crippen LogP contribution is 2.47. The van der Waals surface area contributed by atoms with Crippen molar-refractivity contribution in [1.29, 1.82) is 5.26 Å². The molecule has 4 nitrogen and oxygen atoms in total. The van der Waals surface area contributed by atoms with E-state index in [9.17, 15) is 10.1 Å². The number of aromatic nitrogens is 1. The summed E-state index contributed by atoms with van der Waals surface area (Å²) in [5, 5.41) is 10.1. The SMILES string of the molecule is CSCCOC1=CC2=C(CC1)C(=O)c1c([nH]c3cc(C#N)ccc13)C2(C)C. The van der Waals surface area contributed by atoms with Crippen LogP contribution in [0.3, 0.4) is 0 Å². The molecule has 1 aromatic heterocycles. The number of rotatable bonds is 4. The molecule has 2 aromatic rings. The first-order valence-corrected chi connectivity index (χ1v) is 10.5. The largest absolute Gasteiger partial charge is 0.497 e. The molecule has 27 heavy (non-hydrogen) atoms. The van der Waals surface area contributed by atoms with Crippen molar-refractivity contribution in [3.05, 3.63) is 58.0 Å². The van der Waals surface area contributed by atoms with Gasteiger partial charge in [0.25, 0.3) is 0 Å². The van der Waals surface area contributed by atoms with Gasteiger partial charge in [-0.3, -0.25) is 4.79 Å². The zero-order valence-electron chi connectivity index (χ0n) is 15.8. The number of nitriles is 1. The molecule has 0 spiro atoms. The van der Waals surface area contributed by atoms with Crippen LogP contribution in [0, 0.1) is 11.3 Å². The Hall–Kier alpha value is -2.45. The summed E-state index contributed by atoms with van der Waals surface area (Å²) in [5.41, 5.74) is 4.76. The first kappa shape index (κ1) is 17.9. The Morgan fingerprint density at radius 2 is 2.15 bits per heavy atom. The first-order chi connectivity index (χ1) is 13.0. The lowest BCUT2D eigenvalue weighted by atomic mass is 9.68. The summed E-state index contributed by atoms with van der Waals surface area (Å²) in [5.74, 6) is 2.03. The van der Waals surface area contributed by atoms with Crippen molar-refractivity contribution in [1.82, 2.24) is 4.98 Å². The fourth-order valence-electron chi connectivity index (χ4n) is 4.12. The fraction of sp³-hybridized carbons (Fsp3) is 0.364. The average Bonchev–Trinajstić information content (AvgIpc) is 3.06. The lowest BCUT2D eigenvalue weighted by molar-refractivity contribution is 0.102. The van der Waals surface area contributed by atoms with Crippen molar-refractivity contribution in [2.24, 2.45) is 0 Å². The second-order valence-electron chi connectivity index (χ2n) is 7.55. The number of hydrogen-bond acceptors (Lipinski definition) is 4. The maximum Gasteiger partial charge on any atom is 0.191 e. The number of ketones is 1. The van der Waals surface area contributed by atoms with E-state index in [0.717, 1.165) is 51.2 Å². The Morgan fingerprint density at radius 1 is 1.33 bits per heavy atom. The predicted octanol–water partition coefficient (Wildman–Crippen LogP) is 4.87. The van der Waals surface area contributed by atoms with Crippen molar-refractivity contribution in [2.75, 3.05) is 18.6 Å². The van der Waals surface area contributed by atoms with Crippen molar-refractivity contribution in [2.45, 2.75) is 32.1 Å². The van der Waals surface area contributed by atoms with Gasteiger partial charge >= 0.3 is 0 Å². The number of fused-ring (bicyclic) bond motifs is 3. The molecular weight excluding hydrogens is 356 g/mol. The molecule has 1 heterocycles. The highest BCUT2D eigenvalue weighted by atomic mass is 32.2. The fourth-order valence-corrected chi connectivity index (χ4v) is 4.37. The molecule has 0 unspecified atom stereocenters. The molecule has 0 amide bonds. The number of carbonyl (C=O) groups is 1. The van der Waals surface area contributed by atoms with Crippen molar-refractivity contribution < 1.29 is 9.53 Å². The van der Waals surface area contributed by atoms with Crippen LogP contribution in [0.25, 0.3) is 10.9 Å². The van der Waals surface area contributed by atoms with Crippen LogP contribution < -0.4 is 0 Å². The topological polar surface area (TPSA) is 65.9 Å². The third-order valence-electron chi connectivity index (χ3n) is 5.55. The summed E-state index contributed by atoms with van der Waals surface area (Å²) in [4.78, 5) is 16.8. The van der Waals surface area contributed by atoms with Crippen LogP contribution in [0.4, 0.5) is 0 Å². The quantitative estimate of drug-likeness (QED) is 0.771. The number of thioether (sulfide) groups is 1. The van der Waals surface area contributed by atoms with Crippen molar-refractivity contribution >= 4 is 28.4 Å². The van der Waals surface area contributed by atoms with E-state index in [-0.39, 0.29) is 11.2 Å². The Balaban J connectivity index is 1.82. The van der Waals surface area contributed by atoms with E-state index >= 15 is 0 Å². The van der Waals surface area contributed by atoms with Crippen LogP contribution in [0.15, 0.2) is 41.2 Å². The molecule has 138 valence electrons. The number of hydrogen-bond donors (Lipinski definition) is 1. The molecule has 4 rings (SSSR count). The summed E-state index contributed by atoms with van der Waals surface area (Å²) in [6.45, 7) is 4.99. The van der Waals surface area contributed by atoms with Gasteiger partial charge in [-0.15, -0.1) is 0 Å². The van der Waals surface area contributed by atoms with E-state index in [4.69, 9.17) is 4.74 Å². The van der Waals surface area contributed by atoms with E-state index in [1.807, 2.05) is 12.1 Å². The molecule has 0 aliphatic heterocycles. The number of allylic oxidation sites excluding steroid dienone is 4. The van der Waals surface area contributed by atoms with Gasteiger partial charge < -0.3 is 9.72 Å². The van der Waals surface area contributed by atoms with Gasteiger partial charge in [-0.1, -0.05) is 19.9 Å². The maximum absolute atomic E-state index is 13.3. The van der Waals surface area contributed by atoms with Gasteiger partial charge in [0, 0.05) is 39.8 Å². The number of nitrogens with one attached hydrogen (secondary N) is 1. The molecule has 0 bridgehead atoms. The molecule has 0 radical (unpaired) electrons. The maximum atomic E-state index is 13.3. The smallest absolute Gasteiger partial charge is 0.191 e. The molecule has 2 aliphatic carbocycles. The predicted molar refractivity (Wildman–Crippen MR) is 109 cm³/mol. The molecule has 5 heteroatoms. The summed E-state index contributed by atoms with van der Waals surface area (Å²) in [7, 11) is 0. The lowest BCUT2D eigenvalue weighted by Gasteiger charge is -2.35. The van der Waals surface area contributed by atoms with Crippen molar-refractivity contribution in [3.8, 4) is 6.07 Å². The van der Waals surface area contributed by atoms with Crippen LogP contribution in [0.2, 0.25) is 0 Å². The minimum atomic E-state index is -0.320. The van der Waals surface area contributed by atoms with Crippen LogP contribution >= 0.6 is 11.8 Å². The highest BCUT2D eigenvalue weighted by Gasteiger charge is 2.41. The average molecular weight is 378 g/mol. The molecule has 1 N–H and O–H groups in total. The number of ether oxygens (including phenoxy) is 1. The molecule has 0 saturated heterocycles. The van der Waals surface area contributed by atoms with Crippen LogP contribution in [-0.4, -0.2) is 29.4 Å². The van der Waals surface area contributed by atoms with Gasteiger partial charge in [-0.2, -0.15) is 17.0 Å². The number of carbonyl (C=O) groups excluding carboxylic acids is 1. The highest BCUT2D eigenvalue weighted by molar-refractivity contribution is 7.98. The third-order valence-corrected chi connectivity index (χ3v) is 6.13. The Labute approximate surface area is 163 Å². The van der Waals surface area contributed by atoms with Gasteiger partial charge in [0.2, 0.25) is 0 Å². The van der Waals surface area contributed by atoms with E-state index in [1.54, 1.807) is 17.8 Å². The van der Waals surface area contributed by atoms with Crippen molar-refractivity contribution in [3.63, 3.8) is 0 Å². The zero-order valence-corrected chi connectivity index (χ0v) is 16.6. The summed E-state index contributed by atoms with van der Waals surface area (Å²) >= 11 is 1.76. The van der Waals surface area contributed by atoms with Gasteiger partial charge in [0.1, 0.15) is 0 Å². The second kappa shape index (κ2) is 6.61. The number of Topliss-reactive ketones (excluding diaryl/α,β-unsaturated/α-hetero) is 1. The third kappa shape index (κ3) is 2.80. The number of nitrogens with zero attached hydrogens (tertiary/aromatic N) is 1. The zero-order chi connectivity index (χ0) is 19.2. The summed E-state index contributed by atoms with van der Waals surface area (Å²) < 4.78 is 5.93. The van der Waals surface area contributed by atoms with Crippen LogP contribution in [0.1, 0.15) is 48.3 Å². The van der Waals surface area contributed by atoms with E-state index in [2.05, 4.69) is 37.2 Å². The molecular formula is C22H22N2O2S. The van der Waals surface area contributed by atoms with Gasteiger partial charge in [0.05, 0.1) is 29.6 Å². The standard InChI is InChI=1S/C22H22N2O2S/c1-22(2)17-11-14(26-8-9-27-3)5-7-15(17)20(25)19-16-6-4-13(12-23)10-18(16)24-21(19)22/h4,6,10-11,24H,5,7-9H2,1-3H3. The number of H-pyrrole nitrogens is 1. The Kier molecular flexibility index (Phi) is 4.39. The number of benzene rings is 1. The molecule has 0 fully saturated rings. The lowest BCUT2D eigenvalue weighted by Crippen LogP contribution is -2.32. The van der Waals surface area contributed by atoms with Crippen LogP contribution in [-0.2, 0) is 10.2 Å². The summed E-state index contributed by atoms with van der Waals surface area (Å²) in [6, 6.07) is 7.65. The van der Waals surface area contributed by atoms with Gasteiger partial charge in [-0.05, 0) is 36.5 Å². The molecule has 0 atom stereocenters. The molecule has 2 aliphatic rings. The second-order valence-corrected chi connectivity index (χ2v) is 8.53. The van der Waals surface area contributed by atoms with Gasteiger partial charge in [-0.25, -0.2) is 0 Å². The minimum absolute atomic E-state index is 0.106. The number of aromatic amines is 1. The van der Waals surface area contributed by atoms with E-state index in [1.165, 1.54) is 0 Å². The van der Waals surface area contributed by atoms with E-state index in [0.29, 0.717) is 18.6 Å². The van der Waals surface area contributed by atoms with Crippen LogP contribution in [0.5, 0.6) is 0 Å². The molecule has 1 aromatic carbocycles. The summed E-state index contributed by atoms with van der Waals surface area (Å²) in [6.07, 6.45) is 5.62. The Morgan fingerprint density at radius 3 is 2.89 bits per heavy atom. The first-order valence-electron chi connectivity index (χ1n) is 9.14. The monoisotopic (exact) mass is 378 g/mol. The normalized spacial score (nSPS) is 18.0. The van der Waals surface area contributed by atoms with E-state index < -0.39 is 0 Å². The van der Waals surface area contributed by atoms with Gasteiger partial charge in [0.15, 0.2) is 5.78 Å².